The van der Waals surface area contributed by atoms with Crippen molar-refractivity contribution in [2.24, 2.45) is 0 Å². The third kappa shape index (κ3) is 3.29. The Balaban J connectivity index is 1.57. The number of amides is 1. The summed E-state index contributed by atoms with van der Waals surface area (Å²) in [7, 11) is 0. The number of benzene rings is 1. The Morgan fingerprint density at radius 1 is 1.21 bits per heavy atom. The van der Waals surface area contributed by atoms with Gasteiger partial charge in [0.15, 0.2) is 0 Å². The van der Waals surface area contributed by atoms with E-state index in [1.807, 2.05) is 25.1 Å². The standard InChI is InChI=1S/C23H22N4OS/c1-14-5-7-16-11-18(23(28)25-19(16)10-14)21-22(24-12-17-4-3-9-29-17)27-13-15(2)6-8-20(27)26-21/h3-10,13,18,24H,11-12H2,1-2H3,(H,25,28). The number of carbonyl (C=O) groups is 1. The number of aromatic nitrogens is 2. The largest absolute Gasteiger partial charge is 0.365 e. The molecule has 5 rings (SSSR count). The maximum atomic E-state index is 13.0. The Bertz CT molecular complexity index is 1210. The van der Waals surface area contributed by atoms with E-state index in [1.165, 1.54) is 4.88 Å². The molecule has 0 bridgehead atoms. The molecule has 2 N–H and O–H groups in total. The van der Waals surface area contributed by atoms with Crippen molar-refractivity contribution in [3.05, 3.63) is 81.3 Å². The van der Waals surface area contributed by atoms with E-state index in [0.717, 1.165) is 39.5 Å². The van der Waals surface area contributed by atoms with Crippen LogP contribution in [0.1, 0.15) is 33.2 Å². The Kier molecular flexibility index (Phi) is 4.36. The Labute approximate surface area is 173 Å². The second-order valence-corrected chi connectivity index (χ2v) is 8.65. The van der Waals surface area contributed by atoms with Crippen molar-refractivity contribution >= 4 is 34.4 Å². The van der Waals surface area contributed by atoms with Crippen LogP contribution in [0.25, 0.3) is 5.65 Å². The Morgan fingerprint density at radius 3 is 2.90 bits per heavy atom. The molecule has 1 aliphatic rings. The van der Waals surface area contributed by atoms with E-state index in [4.69, 9.17) is 4.98 Å². The lowest BCUT2D eigenvalue weighted by molar-refractivity contribution is -0.117. The van der Waals surface area contributed by atoms with Gasteiger partial charge in [-0.1, -0.05) is 24.3 Å². The highest BCUT2D eigenvalue weighted by Crippen LogP contribution is 2.35. The molecule has 0 radical (unpaired) electrons. The average molecular weight is 403 g/mol. The zero-order valence-electron chi connectivity index (χ0n) is 16.4. The predicted octanol–water partition coefficient (Wildman–Crippen LogP) is 4.90. The minimum Gasteiger partial charge on any atom is -0.365 e. The molecule has 29 heavy (non-hydrogen) atoms. The van der Waals surface area contributed by atoms with Crippen molar-refractivity contribution in [1.29, 1.82) is 0 Å². The molecule has 1 amide bonds. The highest BCUT2D eigenvalue weighted by atomic mass is 32.1. The van der Waals surface area contributed by atoms with Gasteiger partial charge in [-0.2, -0.15) is 0 Å². The van der Waals surface area contributed by atoms with E-state index in [-0.39, 0.29) is 11.8 Å². The first-order chi connectivity index (χ1) is 14.1. The number of thiophene rings is 1. The molecule has 5 nitrogen and oxygen atoms in total. The number of imidazole rings is 1. The van der Waals surface area contributed by atoms with Crippen molar-refractivity contribution in [2.45, 2.75) is 32.7 Å². The maximum Gasteiger partial charge on any atom is 0.234 e. The van der Waals surface area contributed by atoms with Gasteiger partial charge in [0.05, 0.1) is 18.2 Å². The molecule has 1 unspecified atom stereocenters. The molecule has 1 aromatic carbocycles. The molecule has 146 valence electrons. The van der Waals surface area contributed by atoms with Gasteiger partial charge in [0.2, 0.25) is 5.91 Å². The lowest BCUT2D eigenvalue weighted by atomic mass is 9.90. The first kappa shape index (κ1) is 17.9. The summed E-state index contributed by atoms with van der Waals surface area (Å²) in [4.78, 5) is 19.1. The highest BCUT2D eigenvalue weighted by Gasteiger charge is 2.32. The summed E-state index contributed by atoms with van der Waals surface area (Å²) in [5.74, 6) is 0.575. The summed E-state index contributed by atoms with van der Waals surface area (Å²) in [6, 6.07) is 14.5. The zero-order valence-corrected chi connectivity index (χ0v) is 17.2. The molecule has 6 heteroatoms. The van der Waals surface area contributed by atoms with Crippen LogP contribution in [0.2, 0.25) is 0 Å². The molecule has 4 heterocycles. The van der Waals surface area contributed by atoms with Gasteiger partial charge in [-0.3, -0.25) is 9.20 Å². The van der Waals surface area contributed by atoms with Crippen LogP contribution in [-0.4, -0.2) is 15.3 Å². The van der Waals surface area contributed by atoms with Crippen LogP contribution < -0.4 is 10.6 Å². The van der Waals surface area contributed by atoms with Crippen LogP contribution in [0.4, 0.5) is 11.5 Å². The van der Waals surface area contributed by atoms with Gasteiger partial charge in [-0.25, -0.2) is 4.98 Å². The van der Waals surface area contributed by atoms with Gasteiger partial charge in [0.1, 0.15) is 11.5 Å². The highest BCUT2D eigenvalue weighted by molar-refractivity contribution is 7.09. The molecular weight excluding hydrogens is 380 g/mol. The summed E-state index contributed by atoms with van der Waals surface area (Å²) in [5, 5.41) is 8.71. The van der Waals surface area contributed by atoms with Gasteiger partial charge >= 0.3 is 0 Å². The number of nitrogens with one attached hydrogen (secondary N) is 2. The summed E-state index contributed by atoms with van der Waals surface area (Å²) in [5.41, 5.74) is 6.01. The summed E-state index contributed by atoms with van der Waals surface area (Å²) in [6.07, 6.45) is 2.72. The van der Waals surface area contributed by atoms with E-state index in [0.29, 0.717) is 13.0 Å². The topological polar surface area (TPSA) is 58.4 Å². The van der Waals surface area contributed by atoms with Gasteiger partial charge < -0.3 is 10.6 Å². The number of aryl methyl sites for hydroxylation is 2. The van der Waals surface area contributed by atoms with Gasteiger partial charge in [-0.15, -0.1) is 11.3 Å². The van der Waals surface area contributed by atoms with Gasteiger partial charge in [0, 0.05) is 16.8 Å². The zero-order chi connectivity index (χ0) is 20.0. The van der Waals surface area contributed by atoms with Crippen LogP contribution in [0.5, 0.6) is 0 Å². The molecule has 4 aromatic rings. The fourth-order valence-electron chi connectivity index (χ4n) is 3.91. The summed E-state index contributed by atoms with van der Waals surface area (Å²) >= 11 is 1.72. The minimum atomic E-state index is -0.323. The van der Waals surface area contributed by atoms with E-state index in [2.05, 4.69) is 57.8 Å². The third-order valence-electron chi connectivity index (χ3n) is 5.40. The normalized spacial score (nSPS) is 15.9. The second-order valence-electron chi connectivity index (χ2n) is 7.62. The van der Waals surface area contributed by atoms with Crippen molar-refractivity contribution in [3.8, 4) is 0 Å². The SMILES string of the molecule is Cc1ccc2c(c1)NC(=O)C(c1nc3ccc(C)cn3c1NCc1cccs1)C2. The molecule has 0 saturated heterocycles. The van der Waals surface area contributed by atoms with Gasteiger partial charge in [-0.05, 0) is 60.5 Å². The first-order valence-electron chi connectivity index (χ1n) is 9.74. The van der Waals surface area contributed by atoms with Crippen molar-refractivity contribution in [1.82, 2.24) is 9.38 Å². The Morgan fingerprint density at radius 2 is 2.07 bits per heavy atom. The van der Waals surface area contributed by atoms with Crippen molar-refractivity contribution in [2.75, 3.05) is 10.6 Å². The monoisotopic (exact) mass is 402 g/mol. The molecule has 1 atom stereocenters. The molecule has 0 aliphatic carbocycles. The van der Waals surface area contributed by atoms with Crippen molar-refractivity contribution < 1.29 is 4.79 Å². The maximum absolute atomic E-state index is 13.0. The second kappa shape index (κ2) is 7.04. The minimum absolute atomic E-state index is 0.00222. The molecule has 3 aromatic heterocycles. The van der Waals surface area contributed by atoms with Gasteiger partial charge in [0.25, 0.3) is 0 Å². The number of nitrogens with zero attached hydrogens (tertiary/aromatic N) is 2. The van der Waals surface area contributed by atoms with E-state index < -0.39 is 0 Å². The number of rotatable bonds is 4. The lowest BCUT2D eigenvalue weighted by Crippen LogP contribution is -2.29. The third-order valence-corrected chi connectivity index (χ3v) is 6.27. The quantitative estimate of drug-likeness (QED) is 0.510. The fraction of sp³-hybridized carbons (Fsp3) is 0.217. The van der Waals surface area contributed by atoms with Crippen LogP contribution in [-0.2, 0) is 17.8 Å². The summed E-state index contributed by atoms with van der Waals surface area (Å²) in [6.45, 7) is 4.81. The number of hydrogen-bond acceptors (Lipinski definition) is 4. The molecule has 0 spiro atoms. The number of anilines is 2. The van der Waals surface area contributed by atoms with Crippen LogP contribution in [0.15, 0.2) is 54.0 Å². The molecule has 1 aliphatic heterocycles. The van der Waals surface area contributed by atoms with E-state index >= 15 is 0 Å². The lowest BCUT2D eigenvalue weighted by Gasteiger charge is -2.24. The number of hydrogen-bond donors (Lipinski definition) is 2. The smallest absolute Gasteiger partial charge is 0.234 e. The van der Waals surface area contributed by atoms with E-state index in [9.17, 15) is 4.79 Å². The van der Waals surface area contributed by atoms with Crippen LogP contribution >= 0.6 is 11.3 Å². The number of carbonyl (C=O) groups excluding carboxylic acids is 1. The number of fused-ring (bicyclic) bond motifs is 2. The van der Waals surface area contributed by atoms with Crippen LogP contribution in [0, 0.1) is 13.8 Å². The fourth-order valence-corrected chi connectivity index (χ4v) is 4.55. The summed E-state index contributed by atoms with van der Waals surface area (Å²) < 4.78 is 2.07. The van der Waals surface area contributed by atoms with Crippen LogP contribution in [0.3, 0.4) is 0 Å². The molecular formula is C23H22N4OS. The average Bonchev–Trinajstić information content (AvgIpc) is 3.33. The first-order valence-corrected chi connectivity index (χ1v) is 10.6. The Hall–Kier alpha value is -3.12. The number of pyridine rings is 1. The molecule has 0 saturated carbocycles. The predicted molar refractivity (Wildman–Crippen MR) is 118 cm³/mol. The molecule has 0 fully saturated rings. The van der Waals surface area contributed by atoms with Crippen molar-refractivity contribution in [3.63, 3.8) is 0 Å². The van der Waals surface area contributed by atoms with E-state index in [1.54, 1.807) is 11.3 Å².